The van der Waals surface area contributed by atoms with Gasteiger partial charge in [0.15, 0.2) is 0 Å². The molecule has 1 aromatic rings. The molecule has 0 spiro atoms. The van der Waals surface area contributed by atoms with Gasteiger partial charge in [-0.05, 0) is 65.1 Å². The van der Waals surface area contributed by atoms with Gasteiger partial charge < -0.3 is 34.6 Å². The first kappa shape index (κ1) is 47.3. The largest absolute Gasteiger partial charge is 0.455 e. The predicted octanol–water partition coefficient (Wildman–Crippen LogP) is 3.38. The molecule has 1 aliphatic rings. The molecule has 0 unspecified atom stereocenters. The summed E-state index contributed by atoms with van der Waals surface area (Å²) in [5, 5.41) is 5.95. The molecular formula is C41H67N5O9. The Balaban J connectivity index is 2.18. The Kier molecular flexibility index (Phi) is 18.9. The van der Waals surface area contributed by atoms with Gasteiger partial charge in [-0.15, -0.1) is 0 Å². The Labute approximate surface area is 328 Å². The molecule has 0 aliphatic carbocycles. The summed E-state index contributed by atoms with van der Waals surface area (Å²) < 4.78 is 17.4. The number of benzene rings is 1. The minimum atomic E-state index is -0.838. The Morgan fingerprint density at radius 3 is 1.98 bits per heavy atom. The van der Waals surface area contributed by atoms with E-state index in [1.807, 2.05) is 59.7 Å². The second-order valence-corrected chi connectivity index (χ2v) is 15.8. The van der Waals surface area contributed by atoms with Crippen molar-refractivity contribution in [3.8, 4) is 0 Å². The SMILES string of the molecule is CO[C@H]([C@@H](C)C(=O)N[C@H](C)[C@@H](OC(=O)CC(C)=O)c1ccccc1)[C@@H]1CCCN1C(=O)C[C@@H](OC)[C@H](C)N(C)C(=O)[C@@H](NC(=O)[C@H](C(C)C)N(C)C)C(C)C. The summed E-state index contributed by atoms with van der Waals surface area (Å²) in [5.74, 6) is -2.88. The van der Waals surface area contributed by atoms with Crippen LogP contribution in [-0.2, 0) is 43.0 Å². The summed E-state index contributed by atoms with van der Waals surface area (Å²) in [6.45, 7) is 14.8. The topological polar surface area (TPSA) is 164 Å². The maximum atomic E-state index is 14.0. The lowest BCUT2D eigenvalue weighted by molar-refractivity contribution is -0.153. The van der Waals surface area contributed by atoms with Crippen LogP contribution in [0.2, 0.25) is 0 Å². The van der Waals surface area contributed by atoms with Crippen molar-refractivity contribution >= 4 is 35.4 Å². The second kappa shape index (κ2) is 22.0. The summed E-state index contributed by atoms with van der Waals surface area (Å²) in [6.07, 6.45) is -1.19. The van der Waals surface area contributed by atoms with Crippen molar-refractivity contribution in [2.45, 2.75) is 130 Å². The molecule has 55 heavy (non-hydrogen) atoms. The van der Waals surface area contributed by atoms with Crippen molar-refractivity contribution in [1.82, 2.24) is 25.3 Å². The van der Waals surface area contributed by atoms with E-state index in [4.69, 9.17) is 14.2 Å². The third-order valence-electron chi connectivity index (χ3n) is 10.6. The molecule has 1 heterocycles. The van der Waals surface area contributed by atoms with Crippen LogP contribution in [0.5, 0.6) is 0 Å². The number of ether oxygens (including phenoxy) is 3. The number of esters is 1. The molecular weight excluding hydrogens is 706 g/mol. The molecule has 0 saturated carbocycles. The molecule has 1 saturated heterocycles. The Bertz CT molecular complexity index is 1430. The van der Waals surface area contributed by atoms with E-state index in [-0.39, 0.29) is 54.1 Å². The Morgan fingerprint density at radius 1 is 0.855 bits per heavy atom. The van der Waals surface area contributed by atoms with Crippen LogP contribution in [0.3, 0.4) is 0 Å². The fourth-order valence-corrected chi connectivity index (χ4v) is 7.50. The standard InChI is InChI=1S/C41H67N5O9/c1-24(2)35(43-40(51)36(25(3)4)44(9)10)41(52)45(11)29(8)32(53-12)23-33(48)46-21-17-20-31(46)37(54-13)27(6)39(50)42-28(7)38(30-18-15-14-16-19-30)55-34(49)22-26(5)47/h14-16,18-19,24-25,27-29,31-32,35-38H,17,20-23H2,1-13H3,(H,42,50)(H,43,51)/t27-,28-,29+,31+,32-,35+,36+,37-,38-/m1/s1. The van der Waals surface area contributed by atoms with Crippen molar-refractivity contribution in [2.75, 3.05) is 41.9 Å². The number of rotatable bonds is 21. The minimum Gasteiger partial charge on any atom is -0.455 e. The second-order valence-electron chi connectivity index (χ2n) is 15.8. The van der Waals surface area contributed by atoms with Gasteiger partial charge in [0.25, 0.3) is 0 Å². The van der Waals surface area contributed by atoms with E-state index in [9.17, 15) is 28.8 Å². The molecule has 14 nitrogen and oxygen atoms in total. The quantitative estimate of drug-likeness (QED) is 0.140. The maximum Gasteiger partial charge on any atom is 0.313 e. The lowest BCUT2D eigenvalue weighted by atomic mass is 9.93. The van der Waals surface area contributed by atoms with Gasteiger partial charge in [0.05, 0.1) is 48.7 Å². The van der Waals surface area contributed by atoms with E-state index in [2.05, 4.69) is 10.6 Å². The molecule has 1 aliphatic heterocycles. The zero-order chi connectivity index (χ0) is 41.7. The lowest BCUT2D eigenvalue weighted by Crippen LogP contribution is -2.58. The van der Waals surface area contributed by atoms with Crippen LogP contribution >= 0.6 is 0 Å². The van der Waals surface area contributed by atoms with E-state index < -0.39 is 60.4 Å². The van der Waals surface area contributed by atoms with E-state index in [0.717, 1.165) is 6.42 Å². The predicted molar refractivity (Wildman–Crippen MR) is 210 cm³/mol. The van der Waals surface area contributed by atoms with E-state index >= 15 is 0 Å². The molecule has 9 atom stereocenters. The highest BCUT2D eigenvalue weighted by Crippen LogP contribution is 2.29. The average molecular weight is 774 g/mol. The van der Waals surface area contributed by atoms with Crippen molar-refractivity contribution < 1.29 is 43.0 Å². The highest BCUT2D eigenvalue weighted by Gasteiger charge is 2.42. The normalized spacial score (nSPS) is 18.8. The number of nitrogens with zero attached hydrogens (tertiary/aromatic N) is 3. The Morgan fingerprint density at radius 2 is 1.47 bits per heavy atom. The lowest BCUT2D eigenvalue weighted by Gasteiger charge is -2.37. The third-order valence-corrected chi connectivity index (χ3v) is 10.6. The first-order chi connectivity index (χ1) is 25.8. The van der Waals surface area contributed by atoms with E-state index in [1.165, 1.54) is 21.1 Å². The van der Waals surface area contributed by atoms with Crippen molar-refractivity contribution in [3.63, 3.8) is 0 Å². The molecule has 0 aromatic heterocycles. The molecule has 310 valence electrons. The van der Waals surface area contributed by atoms with E-state index in [1.54, 1.807) is 55.0 Å². The summed E-state index contributed by atoms with van der Waals surface area (Å²) in [6, 6.07) is 6.26. The number of carbonyl (C=O) groups is 6. The van der Waals surface area contributed by atoms with Crippen LogP contribution in [0.4, 0.5) is 0 Å². The van der Waals surface area contributed by atoms with Crippen LogP contribution in [0.15, 0.2) is 30.3 Å². The molecule has 14 heteroatoms. The summed E-state index contributed by atoms with van der Waals surface area (Å²) in [7, 11) is 8.35. The van der Waals surface area contributed by atoms with E-state index in [0.29, 0.717) is 18.5 Å². The van der Waals surface area contributed by atoms with Gasteiger partial charge in [-0.1, -0.05) is 65.0 Å². The number of methoxy groups -OCH3 is 2. The summed E-state index contributed by atoms with van der Waals surface area (Å²) >= 11 is 0. The number of hydrogen-bond acceptors (Lipinski definition) is 10. The monoisotopic (exact) mass is 773 g/mol. The number of likely N-dealkylation sites (N-methyl/N-ethyl adjacent to an activating group) is 2. The van der Waals surface area contributed by atoms with Crippen molar-refractivity contribution in [3.05, 3.63) is 35.9 Å². The van der Waals surface area contributed by atoms with Crippen LogP contribution in [0.1, 0.15) is 92.7 Å². The van der Waals surface area contributed by atoms with Gasteiger partial charge in [0.1, 0.15) is 24.3 Å². The summed E-state index contributed by atoms with van der Waals surface area (Å²) in [5.41, 5.74) is 0.665. The first-order valence-corrected chi connectivity index (χ1v) is 19.4. The zero-order valence-electron chi connectivity index (χ0n) is 35.3. The van der Waals surface area contributed by atoms with Gasteiger partial charge in [0, 0.05) is 27.8 Å². The van der Waals surface area contributed by atoms with Gasteiger partial charge >= 0.3 is 5.97 Å². The van der Waals surface area contributed by atoms with Crippen LogP contribution in [0.25, 0.3) is 0 Å². The number of Topliss-reactive ketones (excluding diaryl/α,β-unsaturated/α-hetero) is 1. The number of amides is 4. The van der Waals surface area contributed by atoms with Gasteiger partial charge in [0.2, 0.25) is 23.6 Å². The smallest absolute Gasteiger partial charge is 0.313 e. The van der Waals surface area contributed by atoms with Crippen LogP contribution in [0, 0.1) is 17.8 Å². The molecule has 0 bridgehead atoms. The molecule has 1 fully saturated rings. The molecule has 2 N–H and O–H groups in total. The summed E-state index contributed by atoms with van der Waals surface area (Å²) in [4.78, 5) is 84.0. The minimum absolute atomic E-state index is 0.0149. The third kappa shape index (κ3) is 13.1. The number of ketones is 1. The van der Waals surface area contributed by atoms with Crippen LogP contribution in [-0.4, -0.2) is 134 Å². The number of hydrogen-bond donors (Lipinski definition) is 2. The fourth-order valence-electron chi connectivity index (χ4n) is 7.50. The van der Waals surface area contributed by atoms with Crippen molar-refractivity contribution in [1.29, 1.82) is 0 Å². The molecule has 1 aromatic carbocycles. The maximum absolute atomic E-state index is 14.0. The highest BCUT2D eigenvalue weighted by molar-refractivity contribution is 5.94. The molecule has 0 radical (unpaired) electrons. The van der Waals surface area contributed by atoms with Gasteiger partial charge in [-0.2, -0.15) is 0 Å². The fraction of sp³-hybridized carbons (Fsp3) is 0.707. The highest BCUT2D eigenvalue weighted by atomic mass is 16.5. The number of carbonyl (C=O) groups excluding carboxylic acids is 6. The average Bonchev–Trinajstić information content (AvgIpc) is 3.60. The van der Waals surface area contributed by atoms with Gasteiger partial charge in [-0.25, -0.2) is 0 Å². The Hall–Kier alpha value is -3.88. The van der Waals surface area contributed by atoms with Crippen LogP contribution < -0.4 is 10.6 Å². The molecule has 2 rings (SSSR count). The number of likely N-dealkylation sites (tertiary alicyclic amines) is 1. The number of nitrogens with one attached hydrogen (secondary N) is 2. The zero-order valence-corrected chi connectivity index (χ0v) is 35.3. The molecule has 4 amide bonds. The van der Waals surface area contributed by atoms with Crippen molar-refractivity contribution in [2.24, 2.45) is 17.8 Å². The van der Waals surface area contributed by atoms with Gasteiger partial charge in [-0.3, -0.25) is 33.7 Å². The first-order valence-electron chi connectivity index (χ1n) is 19.4.